The molecule has 1 N–H and O–H groups in total. The summed E-state index contributed by atoms with van der Waals surface area (Å²) in [6.45, 7) is 1.45. The Balaban J connectivity index is 1.40. The van der Waals surface area contributed by atoms with Crippen LogP contribution < -0.4 is 5.32 Å². The number of anilines is 1. The van der Waals surface area contributed by atoms with Gasteiger partial charge < -0.3 is 14.2 Å². The molecule has 0 bridgehead atoms. The van der Waals surface area contributed by atoms with Gasteiger partial charge >= 0.3 is 0 Å². The third kappa shape index (κ3) is 4.81. The Morgan fingerprint density at radius 2 is 1.77 bits per heavy atom. The molecule has 0 saturated heterocycles. The van der Waals surface area contributed by atoms with Gasteiger partial charge in [0.05, 0.1) is 16.3 Å². The van der Waals surface area contributed by atoms with E-state index in [1.807, 2.05) is 0 Å². The lowest BCUT2D eigenvalue weighted by Crippen LogP contribution is -2.05. The topological polar surface area (TPSA) is 107 Å². The maximum absolute atomic E-state index is 11.1. The van der Waals surface area contributed by atoms with E-state index in [0.29, 0.717) is 49.9 Å². The lowest BCUT2D eigenvalue weighted by Gasteiger charge is -2.01. The van der Waals surface area contributed by atoms with Crippen molar-refractivity contribution >= 4 is 46.6 Å². The highest BCUT2D eigenvalue weighted by molar-refractivity contribution is 7.98. The number of benzene rings is 2. The highest BCUT2D eigenvalue weighted by Crippen LogP contribution is 2.31. The molecule has 8 nitrogen and oxygen atoms in total. The summed E-state index contributed by atoms with van der Waals surface area (Å²) in [6.07, 6.45) is 0. The van der Waals surface area contributed by atoms with E-state index >= 15 is 0 Å². The summed E-state index contributed by atoms with van der Waals surface area (Å²) >= 11 is 13.3. The van der Waals surface area contributed by atoms with E-state index < -0.39 is 0 Å². The van der Waals surface area contributed by atoms with Crippen LogP contribution in [0.5, 0.6) is 0 Å². The molecule has 11 heteroatoms. The number of aromatic nitrogens is 4. The Hall–Kier alpha value is -2.88. The Morgan fingerprint density at radius 1 is 1.00 bits per heavy atom. The van der Waals surface area contributed by atoms with Gasteiger partial charge in [-0.15, -0.1) is 20.4 Å². The summed E-state index contributed by atoms with van der Waals surface area (Å²) in [6, 6.07) is 12.1. The van der Waals surface area contributed by atoms with Gasteiger partial charge in [-0.1, -0.05) is 35.0 Å². The molecule has 0 saturated carbocycles. The van der Waals surface area contributed by atoms with Gasteiger partial charge in [-0.05, 0) is 42.5 Å². The normalized spacial score (nSPS) is 10.9. The van der Waals surface area contributed by atoms with Gasteiger partial charge in [-0.2, -0.15) is 0 Å². The Kier molecular flexibility index (Phi) is 6.03. The van der Waals surface area contributed by atoms with Gasteiger partial charge in [0, 0.05) is 23.2 Å². The first-order valence-electron chi connectivity index (χ1n) is 8.60. The van der Waals surface area contributed by atoms with Gasteiger partial charge in [0.25, 0.3) is 5.22 Å². The molecule has 0 fully saturated rings. The van der Waals surface area contributed by atoms with Crippen molar-refractivity contribution in [1.29, 1.82) is 0 Å². The molecule has 2 aromatic carbocycles. The van der Waals surface area contributed by atoms with Crippen molar-refractivity contribution in [2.45, 2.75) is 17.9 Å². The van der Waals surface area contributed by atoms with E-state index in [1.165, 1.54) is 18.7 Å². The first-order chi connectivity index (χ1) is 14.5. The van der Waals surface area contributed by atoms with E-state index in [4.69, 9.17) is 32.0 Å². The van der Waals surface area contributed by atoms with Crippen molar-refractivity contribution in [3.8, 4) is 22.9 Å². The highest BCUT2D eigenvalue weighted by atomic mass is 35.5. The van der Waals surface area contributed by atoms with E-state index in [-0.39, 0.29) is 5.91 Å². The number of thioether (sulfide) groups is 1. The SMILES string of the molecule is CC(=O)Nc1ccc(-c2nnc(SCc3nnc(-c4ccc(Cl)cc4Cl)o3)o2)cc1. The summed E-state index contributed by atoms with van der Waals surface area (Å²) in [5.41, 5.74) is 2.03. The van der Waals surface area contributed by atoms with Gasteiger partial charge in [0.1, 0.15) is 0 Å². The third-order valence-corrected chi connectivity index (χ3v) is 5.16. The molecule has 0 spiro atoms. The van der Waals surface area contributed by atoms with Gasteiger partial charge in [-0.25, -0.2) is 0 Å². The third-order valence-electron chi connectivity index (χ3n) is 3.81. The molecule has 4 aromatic rings. The maximum Gasteiger partial charge on any atom is 0.277 e. The van der Waals surface area contributed by atoms with Crippen LogP contribution in [-0.4, -0.2) is 26.3 Å². The molecule has 152 valence electrons. The first kappa shape index (κ1) is 20.4. The summed E-state index contributed by atoms with van der Waals surface area (Å²) in [7, 11) is 0. The molecule has 2 heterocycles. The fourth-order valence-electron chi connectivity index (χ4n) is 2.49. The smallest absolute Gasteiger partial charge is 0.277 e. The van der Waals surface area contributed by atoms with Crippen LogP contribution in [0.15, 0.2) is 56.5 Å². The zero-order valence-electron chi connectivity index (χ0n) is 15.4. The monoisotopic (exact) mass is 461 g/mol. The minimum Gasteiger partial charge on any atom is -0.420 e. The predicted molar refractivity (Wildman–Crippen MR) is 113 cm³/mol. The fourth-order valence-corrected chi connectivity index (χ4v) is 3.58. The van der Waals surface area contributed by atoms with Crippen molar-refractivity contribution in [3.63, 3.8) is 0 Å². The van der Waals surface area contributed by atoms with Crippen LogP contribution in [0.2, 0.25) is 10.0 Å². The van der Waals surface area contributed by atoms with Crippen LogP contribution in [0.4, 0.5) is 5.69 Å². The summed E-state index contributed by atoms with van der Waals surface area (Å²) in [5.74, 6) is 1.27. The van der Waals surface area contributed by atoms with E-state index in [1.54, 1.807) is 42.5 Å². The van der Waals surface area contributed by atoms with Crippen LogP contribution in [-0.2, 0) is 10.5 Å². The largest absolute Gasteiger partial charge is 0.420 e. The van der Waals surface area contributed by atoms with Crippen molar-refractivity contribution in [2.75, 3.05) is 5.32 Å². The number of nitrogens with one attached hydrogen (secondary N) is 1. The standard InChI is InChI=1S/C19H13Cl2N5O3S/c1-10(27)22-13-5-2-11(3-6-13)17-24-26-19(29-17)30-9-16-23-25-18(28-16)14-7-4-12(20)8-15(14)21/h2-8H,9H2,1H3,(H,22,27). The van der Waals surface area contributed by atoms with Crippen molar-refractivity contribution in [3.05, 3.63) is 58.4 Å². The van der Waals surface area contributed by atoms with Crippen molar-refractivity contribution in [2.24, 2.45) is 0 Å². The molecule has 0 aliphatic carbocycles. The Morgan fingerprint density at radius 3 is 2.50 bits per heavy atom. The molecule has 1 amide bonds. The van der Waals surface area contributed by atoms with Crippen molar-refractivity contribution < 1.29 is 13.6 Å². The molecule has 2 aromatic heterocycles. The quantitative estimate of drug-likeness (QED) is 0.383. The number of carbonyl (C=O) groups excluding carboxylic acids is 1. The average molecular weight is 462 g/mol. The molecular formula is C19H13Cl2N5O3S. The summed E-state index contributed by atoms with van der Waals surface area (Å²) in [5, 5.41) is 20.1. The van der Waals surface area contributed by atoms with E-state index in [9.17, 15) is 4.79 Å². The van der Waals surface area contributed by atoms with Crippen LogP contribution in [0.3, 0.4) is 0 Å². The second-order valence-electron chi connectivity index (χ2n) is 6.05. The minimum absolute atomic E-state index is 0.137. The van der Waals surface area contributed by atoms with Gasteiger partial charge in [0.2, 0.25) is 23.6 Å². The highest BCUT2D eigenvalue weighted by Gasteiger charge is 2.15. The number of halogens is 2. The molecule has 4 rings (SSSR count). The molecule has 0 atom stereocenters. The second-order valence-corrected chi connectivity index (χ2v) is 7.82. The van der Waals surface area contributed by atoms with Crippen LogP contribution in [0.25, 0.3) is 22.9 Å². The number of amides is 1. The molecule has 0 unspecified atom stereocenters. The lowest BCUT2D eigenvalue weighted by molar-refractivity contribution is -0.114. The van der Waals surface area contributed by atoms with Crippen LogP contribution in [0, 0.1) is 0 Å². The summed E-state index contributed by atoms with van der Waals surface area (Å²) < 4.78 is 11.3. The molecule has 0 radical (unpaired) electrons. The molecule has 30 heavy (non-hydrogen) atoms. The van der Waals surface area contributed by atoms with Gasteiger partial charge in [0.15, 0.2) is 0 Å². The molecular weight excluding hydrogens is 449 g/mol. The zero-order chi connectivity index (χ0) is 21.1. The zero-order valence-corrected chi connectivity index (χ0v) is 17.8. The van der Waals surface area contributed by atoms with E-state index in [0.717, 1.165) is 5.56 Å². The number of nitrogens with zero attached hydrogens (tertiary/aromatic N) is 4. The number of hydrogen-bond donors (Lipinski definition) is 1. The van der Waals surface area contributed by atoms with Crippen molar-refractivity contribution in [1.82, 2.24) is 20.4 Å². The van der Waals surface area contributed by atoms with E-state index in [2.05, 4.69) is 25.7 Å². The molecule has 0 aliphatic heterocycles. The number of rotatable bonds is 6. The van der Waals surface area contributed by atoms with Gasteiger partial charge in [-0.3, -0.25) is 4.79 Å². The Bertz CT molecular complexity index is 1190. The number of carbonyl (C=O) groups is 1. The number of hydrogen-bond acceptors (Lipinski definition) is 8. The van der Waals surface area contributed by atoms with Crippen LogP contribution in [0.1, 0.15) is 12.8 Å². The average Bonchev–Trinajstić information content (AvgIpc) is 3.36. The fraction of sp³-hybridized carbons (Fsp3) is 0.105. The Labute approximate surface area is 185 Å². The lowest BCUT2D eigenvalue weighted by atomic mass is 10.2. The second kappa shape index (κ2) is 8.86. The van der Waals surface area contributed by atoms with Crippen LogP contribution >= 0.6 is 35.0 Å². The molecule has 0 aliphatic rings. The summed E-state index contributed by atoms with van der Waals surface area (Å²) in [4.78, 5) is 11.1. The minimum atomic E-state index is -0.137. The maximum atomic E-state index is 11.1. The predicted octanol–water partition coefficient (Wildman–Crippen LogP) is 5.34. The first-order valence-corrected chi connectivity index (χ1v) is 10.3.